The third-order valence-electron chi connectivity index (χ3n) is 2.20. The van der Waals surface area contributed by atoms with Crippen molar-refractivity contribution in [2.24, 2.45) is 0 Å². The molecule has 0 unspecified atom stereocenters. The van der Waals surface area contributed by atoms with Crippen LogP contribution in [-0.2, 0) is 9.84 Å². The maximum atomic E-state index is 12.8. The molecule has 0 aliphatic carbocycles. The number of benzene rings is 1. The number of hydrogen-bond donors (Lipinski definition) is 0. The van der Waals surface area contributed by atoms with Crippen molar-refractivity contribution < 1.29 is 12.8 Å². The number of hydrogen-bond acceptors (Lipinski definition) is 4. The lowest BCUT2D eigenvalue weighted by Crippen LogP contribution is -2.02. The summed E-state index contributed by atoms with van der Waals surface area (Å²) in [4.78, 5) is 7.66. The summed E-state index contributed by atoms with van der Waals surface area (Å²) < 4.78 is 35.9. The highest BCUT2D eigenvalue weighted by Crippen LogP contribution is 2.24. The number of aromatic nitrogens is 2. The highest BCUT2D eigenvalue weighted by atomic mass is 32.2. The predicted octanol–water partition coefficient (Wildman–Crippen LogP) is 1.69. The Balaban J connectivity index is 2.64. The molecule has 0 fully saturated rings. The van der Waals surface area contributed by atoms with E-state index in [9.17, 15) is 12.8 Å². The van der Waals surface area contributed by atoms with Gasteiger partial charge in [-0.25, -0.2) is 22.8 Å². The second kappa shape index (κ2) is 4.21. The minimum absolute atomic E-state index is 0.0339. The summed E-state index contributed by atoms with van der Waals surface area (Å²) in [5.41, 5.74) is 0.816. The first-order valence-electron chi connectivity index (χ1n) is 4.74. The van der Waals surface area contributed by atoms with Crippen LogP contribution < -0.4 is 0 Å². The van der Waals surface area contributed by atoms with Crippen LogP contribution in [-0.4, -0.2) is 24.6 Å². The Labute approximate surface area is 98.1 Å². The summed E-state index contributed by atoms with van der Waals surface area (Å²) >= 11 is 0. The molecule has 0 aliphatic heterocycles. The molecule has 88 valence electrons. The van der Waals surface area contributed by atoms with Gasteiger partial charge in [0, 0.05) is 18.0 Å². The van der Waals surface area contributed by atoms with E-state index in [1.165, 1.54) is 36.8 Å². The van der Waals surface area contributed by atoms with Crippen molar-refractivity contribution in [3.63, 3.8) is 0 Å². The lowest BCUT2D eigenvalue weighted by molar-refractivity contribution is 0.601. The molecule has 0 N–H and O–H groups in total. The van der Waals surface area contributed by atoms with E-state index in [1.54, 1.807) is 0 Å². The summed E-state index contributed by atoms with van der Waals surface area (Å²) in [6, 6.07) is 5.46. The second-order valence-electron chi connectivity index (χ2n) is 3.51. The summed E-state index contributed by atoms with van der Waals surface area (Å²) in [5, 5.41) is 0. The molecule has 2 aromatic rings. The molecular weight excluding hydrogens is 243 g/mol. The van der Waals surface area contributed by atoms with Crippen LogP contribution in [0.5, 0.6) is 0 Å². The molecule has 0 saturated carbocycles. The first kappa shape index (κ1) is 11.7. The van der Waals surface area contributed by atoms with Crippen LogP contribution >= 0.6 is 0 Å². The fourth-order valence-electron chi connectivity index (χ4n) is 1.41. The Bertz CT molecular complexity index is 639. The molecule has 1 aromatic heterocycles. The molecule has 0 radical (unpaired) electrons. The van der Waals surface area contributed by atoms with Crippen molar-refractivity contribution in [2.75, 3.05) is 6.26 Å². The fraction of sp³-hybridized carbons (Fsp3) is 0.0909. The van der Waals surface area contributed by atoms with Crippen molar-refractivity contribution in [1.82, 2.24) is 9.97 Å². The van der Waals surface area contributed by atoms with Gasteiger partial charge in [0.1, 0.15) is 17.0 Å². The van der Waals surface area contributed by atoms with Gasteiger partial charge in [-0.2, -0.15) is 0 Å². The topological polar surface area (TPSA) is 59.9 Å². The Kier molecular flexibility index (Phi) is 2.89. The molecule has 0 aliphatic rings. The standard InChI is InChI=1S/C11H9FN2O2S/c1-17(15,16)10-6-13-7-14-11(10)8-2-4-9(12)5-3-8/h2-7H,1H3. The predicted molar refractivity (Wildman–Crippen MR) is 60.5 cm³/mol. The number of rotatable bonds is 2. The van der Waals surface area contributed by atoms with E-state index >= 15 is 0 Å². The van der Waals surface area contributed by atoms with Crippen molar-refractivity contribution in [3.05, 3.63) is 42.6 Å². The van der Waals surface area contributed by atoms with Crippen LogP contribution in [0.4, 0.5) is 4.39 Å². The van der Waals surface area contributed by atoms with Crippen LogP contribution in [0.2, 0.25) is 0 Å². The van der Waals surface area contributed by atoms with E-state index in [2.05, 4.69) is 9.97 Å². The molecule has 2 rings (SSSR count). The Morgan fingerprint density at radius 2 is 1.82 bits per heavy atom. The number of nitrogens with zero attached hydrogens (tertiary/aromatic N) is 2. The first-order chi connectivity index (χ1) is 7.98. The summed E-state index contributed by atoms with van der Waals surface area (Å²) in [6.07, 6.45) is 3.58. The molecule has 6 heteroatoms. The monoisotopic (exact) mass is 252 g/mol. The molecule has 4 nitrogen and oxygen atoms in total. The van der Waals surface area contributed by atoms with Crippen molar-refractivity contribution in [2.45, 2.75) is 4.90 Å². The highest BCUT2D eigenvalue weighted by molar-refractivity contribution is 7.90. The Morgan fingerprint density at radius 3 is 2.41 bits per heavy atom. The molecule has 0 atom stereocenters. The zero-order chi connectivity index (χ0) is 12.5. The third-order valence-corrected chi connectivity index (χ3v) is 3.29. The van der Waals surface area contributed by atoms with Crippen molar-refractivity contribution in [1.29, 1.82) is 0 Å². The van der Waals surface area contributed by atoms with Crippen LogP contribution in [0.15, 0.2) is 41.7 Å². The maximum absolute atomic E-state index is 12.8. The van der Waals surface area contributed by atoms with Gasteiger partial charge in [0.15, 0.2) is 9.84 Å². The maximum Gasteiger partial charge on any atom is 0.179 e. The normalized spacial score (nSPS) is 11.4. The Hall–Kier alpha value is -1.82. The molecule has 0 bridgehead atoms. The second-order valence-corrected chi connectivity index (χ2v) is 5.50. The molecule has 0 amide bonds. The minimum atomic E-state index is -3.41. The largest absolute Gasteiger partial charge is 0.243 e. The van der Waals surface area contributed by atoms with Gasteiger partial charge >= 0.3 is 0 Å². The summed E-state index contributed by atoms with van der Waals surface area (Å²) in [7, 11) is -3.41. The quantitative estimate of drug-likeness (QED) is 0.816. The van der Waals surface area contributed by atoms with Gasteiger partial charge in [0.05, 0.1) is 5.69 Å². The molecule has 17 heavy (non-hydrogen) atoms. The van der Waals surface area contributed by atoms with Gasteiger partial charge in [-0.15, -0.1) is 0 Å². The van der Waals surface area contributed by atoms with Crippen LogP contribution in [0.1, 0.15) is 0 Å². The molecule has 0 spiro atoms. The lowest BCUT2D eigenvalue weighted by Gasteiger charge is -2.05. The van der Waals surface area contributed by atoms with Gasteiger partial charge in [0.2, 0.25) is 0 Å². The molecule has 1 aromatic carbocycles. The number of sulfone groups is 1. The molecule has 1 heterocycles. The zero-order valence-corrected chi connectivity index (χ0v) is 9.78. The van der Waals surface area contributed by atoms with Crippen molar-refractivity contribution in [3.8, 4) is 11.3 Å². The molecule has 0 saturated heterocycles. The lowest BCUT2D eigenvalue weighted by atomic mass is 10.1. The van der Waals surface area contributed by atoms with Gasteiger partial charge in [-0.1, -0.05) is 0 Å². The smallest absolute Gasteiger partial charge is 0.179 e. The van der Waals surface area contributed by atoms with Gasteiger partial charge in [0.25, 0.3) is 0 Å². The highest BCUT2D eigenvalue weighted by Gasteiger charge is 2.15. The first-order valence-corrected chi connectivity index (χ1v) is 6.63. The van der Waals surface area contributed by atoms with Crippen LogP contribution in [0, 0.1) is 5.82 Å². The Morgan fingerprint density at radius 1 is 1.18 bits per heavy atom. The van der Waals surface area contributed by atoms with Gasteiger partial charge < -0.3 is 0 Å². The van der Waals surface area contributed by atoms with E-state index in [0.717, 1.165) is 6.26 Å². The minimum Gasteiger partial charge on any atom is -0.243 e. The van der Waals surface area contributed by atoms with Crippen molar-refractivity contribution >= 4 is 9.84 Å². The third kappa shape index (κ3) is 2.47. The zero-order valence-electron chi connectivity index (χ0n) is 8.96. The number of halogens is 1. The van der Waals surface area contributed by atoms with Crippen LogP contribution in [0.25, 0.3) is 11.3 Å². The average molecular weight is 252 g/mol. The summed E-state index contributed by atoms with van der Waals surface area (Å²) in [6.45, 7) is 0. The van der Waals surface area contributed by atoms with E-state index < -0.39 is 9.84 Å². The SMILES string of the molecule is CS(=O)(=O)c1cncnc1-c1ccc(F)cc1. The average Bonchev–Trinajstić information content (AvgIpc) is 2.29. The van der Waals surface area contributed by atoms with E-state index in [4.69, 9.17) is 0 Å². The molecular formula is C11H9FN2O2S. The van der Waals surface area contributed by atoms with E-state index in [-0.39, 0.29) is 16.4 Å². The van der Waals surface area contributed by atoms with E-state index in [0.29, 0.717) is 5.56 Å². The van der Waals surface area contributed by atoms with E-state index in [1.807, 2.05) is 0 Å². The van der Waals surface area contributed by atoms with Crippen LogP contribution in [0.3, 0.4) is 0 Å². The van der Waals surface area contributed by atoms with Gasteiger partial charge in [-0.3, -0.25) is 0 Å². The fourth-order valence-corrected chi connectivity index (χ4v) is 2.19. The summed E-state index contributed by atoms with van der Waals surface area (Å²) in [5.74, 6) is -0.385. The van der Waals surface area contributed by atoms with Gasteiger partial charge in [-0.05, 0) is 24.3 Å².